The number of carboxylic acids is 1. The first-order valence-corrected chi connectivity index (χ1v) is 6.23. The summed E-state index contributed by atoms with van der Waals surface area (Å²) in [4.78, 5) is 21.0. The molecule has 0 spiro atoms. The van der Waals surface area contributed by atoms with Gasteiger partial charge in [0.2, 0.25) is 5.78 Å². The Balaban J connectivity index is 2.09. The molecule has 0 aliphatic rings. The van der Waals surface area contributed by atoms with E-state index in [1.54, 1.807) is 11.8 Å². The highest BCUT2D eigenvalue weighted by molar-refractivity contribution is 7.98. The van der Waals surface area contributed by atoms with Crippen molar-refractivity contribution >= 4 is 23.5 Å². The zero-order chi connectivity index (χ0) is 11.8. The molecule has 0 unspecified atom stereocenters. The lowest BCUT2D eigenvalue weighted by molar-refractivity contribution is -0.149. The van der Waals surface area contributed by atoms with Crippen molar-refractivity contribution in [2.45, 2.75) is 18.6 Å². The predicted molar refractivity (Wildman–Crippen MR) is 64.5 cm³/mol. The molecule has 1 aromatic rings. The van der Waals surface area contributed by atoms with Gasteiger partial charge >= 0.3 is 5.97 Å². The Morgan fingerprint density at radius 1 is 1.19 bits per heavy atom. The zero-order valence-corrected chi connectivity index (χ0v) is 9.70. The first-order chi connectivity index (χ1) is 7.70. The molecule has 0 bridgehead atoms. The number of rotatable bonds is 7. The summed E-state index contributed by atoms with van der Waals surface area (Å²) in [6.07, 6.45) is 0.764. The Morgan fingerprint density at radius 2 is 1.88 bits per heavy atom. The van der Waals surface area contributed by atoms with Crippen molar-refractivity contribution in [3.8, 4) is 0 Å². The van der Waals surface area contributed by atoms with Gasteiger partial charge in [-0.05, 0) is 17.7 Å². The Labute approximate surface area is 98.9 Å². The van der Waals surface area contributed by atoms with Gasteiger partial charge in [-0.2, -0.15) is 11.8 Å². The van der Waals surface area contributed by atoms with Gasteiger partial charge in [0.25, 0.3) is 0 Å². The maximum Gasteiger partial charge on any atom is 0.372 e. The van der Waals surface area contributed by atoms with Gasteiger partial charge in [-0.1, -0.05) is 30.3 Å². The van der Waals surface area contributed by atoms with Gasteiger partial charge in [0.05, 0.1) is 0 Å². The second-order valence-electron chi connectivity index (χ2n) is 3.37. The number of ketones is 1. The summed E-state index contributed by atoms with van der Waals surface area (Å²) in [5, 5.41) is 8.36. The molecule has 0 saturated heterocycles. The topological polar surface area (TPSA) is 54.4 Å². The summed E-state index contributed by atoms with van der Waals surface area (Å²) < 4.78 is 0. The number of carboxylic acid groups (broad SMARTS) is 1. The second-order valence-corrected chi connectivity index (χ2v) is 4.48. The van der Waals surface area contributed by atoms with Crippen molar-refractivity contribution in [3.63, 3.8) is 0 Å². The van der Waals surface area contributed by atoms with Gasteiger partial charge in [-0.3, -0.25) is 4.79 Å². The predicted octanol–water partition coefficient (Wildman–Crippen LogP) is 2.35. The quantitative estimate of drug-likeness (QED) is 0.585. The fraction of sp³-hybridized carbons (Fsp3) is 0.333. The molecule has 0 fully saturated rings. The van der Waals surface area contributed by atoms with Gasteiger partial charge in [-0.25, -0.2) is 4.79 Å². The van der Waals surface area contributed by atoms with Crippen LogP contribution in [-0.4, -0.2) is 22.6 Å². The summed E-state index contributed by atoms with van der Waals surface area (Å²) in [6.45, 7) is 0. The lowest BCUT2D eigenvalue weighted by Gasteiger charge is -2.00. The summed E-state index contributed by atoms with van der Waals surface area (Å²) in [5.41, 5.74) is 1.25. The van der Waals surface area contributed by atoms with E-state index in [0.29, 0.717) is 6.42 Å². The van der Waals surface area contributed by atoms with E-state index >= 15 is 0 Å². The van der Waals surface area contributed by atoms with Gasteiger partial charge in [0, 0.05) is 12.2 Å². The van der Waals surface area contributed by atoms with Crippen LogP contribution in [0, 0.1) is 0 Å². The molecule has 0 saturated carbocycles. The average molecular weight is 238 g/mol. The molecule has 4 heteroatoms. The Morgan fingerprint density at radius 3 is 2.50 bits per heavy atom. The van der Waals surface area contributed by atoms with E-state index in [1.807, 2.05) is 18.2 Å². The summed E-state index contributed by atoms with van der Waals surface area (Å²) in [7, 11) is 0. The lowest BCUT2D eigenvalue weighted by Crippen LogP contribution is -2.12. The summed E-state index contributed by atoms with van der Waals surface area (Å²) in [6, 6.07) is 10.1. The Hall–Kier alpha value is -1.29. The summed E-state index contributed by atoms with van der Waals surface area (Å²) >= 11 is 1.71. The van der Waals surface area contributed by atoms with Crippen LogP contribution in [0.2, 0.25) is 0 Å². The zero-order valence-electron chi connectivity index (χ0n) is 8.89. The van der Waals surface area contributed by atoms with Crippen LogP contribution < -0.4 is 0 Å². The van der Waals surface area contributed by atoms with E-state index in [2.05, 4.69) is 12.1 Å². The minimum Gasteiger partial charge on any atom is -0.476 e. The highest BCUT2D eigenvalue weighted by Crippen LogP contribution is 2.13. The number of hydrogen-bond acceptors (Lipinski definition) is 3. The van der Waals surface area contributed by atoms with E-state index in [4.69, 9.17) is 5.11 Å². The standard InChI is InChI=1S/C12H14O3S/c13-11(12(14)15)7-4-8-16-9-10-5-2-1-3-6-10/h1-3,5-6H,4,7-9H2,(H,14,15). The van der Waals surface area contributed by atoms with Crippen LogP contribution in [0.5, 0.6) is 0 Å². The van der Waals surface area contributed by atoms with Crippen LogP contribution in [-0.2, 0) is 15.3 Å². The van der Waals surface area contributed by atoms with Crippen molar-refractivity contribution in [3.05, 3.63) is 35.9 Å². The Bertz CT molecular complexity index is 349. The van der Waals surface area contributed by atoms with Crippen LogP contribution in [0.25, 0.3) is 0 Å². The molecule has 0 radical (unpaired) electrons. The molecule has 0 atom stereocenters. The number of Topliss-reactive ketones (excluding diaryl/α,β-unsaturated/α-hetero) is 1. The maximum atomic E-state index is 10.8. The molecule has 86 valence electrons. The molecule has 0 aliphatic heterocycles. The van der Waals surface area contributed by atoms with Crippen LogP contribution in [0.3, 0.4) is 0 Å². The van der Waals surface area contributed by atoms with E-state index in [-0.39, 0.29) is 6.42 Å². The fourth-order valence-electron chi connectivity index (χ4n) is 1.21. The lowest BCUT2D eigenvalue weighted by atomic mass is 10.2. The normalized spacial score (nSPS) is 10.0. The highest BCUT2D eigenvalue weighted by Gasteiger charge is 2.09. The number of thioether (sulfide) groups is 1. The smallest absolute Gasteiger partial charge is 0.372 e. The third-order valence-corrected chi connectivity index (χ3v) is 3.16. The Kier molecular flexibility index (Phi) is 5.64. The minimum absolute atomic E-state index is 0.136. The van der Waals surface area contributed by atoms with Crippen molar-refractivity contribution in [2.75, 3.05) is 5.75 Å². The molecule has 1 rings (SSSR count). The van der Waals surface area contributed by atoms with Crippen LogP contribution in [0.1, 0.15) is 18.4 Å². The molecule has 1 aromatic carbocycles. The van der Waals surface area contributed by atoms with Crippen molar-refractivity contribution in [1.29, 1.82) is 0 Å². The monoisotopic (exact) mass is 238 g/mol. The molecule has 0 aliphatic carbocycles. The molecule has 0 heterocycles. The minimum atomic E-state index is -1.33. The number of aliphatic carboxylic acids is 1. The van der Waals surface area contributed by atoms with Gasteiger partial charge < -0.3 is 5.11 Å². The number of carbonyl (C=O) groups is 2. The van der Waals surface area contributed by atoms with Crippen molar-refractivity contribution < 1.29 is 14.7 Å². The van der Waals surface area contributed by atoms with Gasteiger partial charge in [0.15, 0.2) is 0 Å². The molecule has 0 aromatic heterocycles. The van der Waals surface area contributed by atoms with Gasteiger partial charge in [-0.15, -0.1) is 0 Å². The number of carbonyl (C=O) groups excluding carboxylic acids is 1. The van der Waals surface area contributed by atoms with Gasteiger partial charge in [0.1, 0.15) is 0 Å². The number of benzene rings is 1. The van der Waals surface area contributed by atoms with Crippen LogP contribution in [0.15, 0.2) is 30.3 Å². The fourth-order valence-corrected chi connectivity index (χ4v) is 2.13. The van der Waals surface area contributed by atoms with E-state index in [9.17, 15) is 9.59 Å². The second kappa shape index (κ2) is 7.06. The molecule has 1 N–H and O–H groups in total. The first-order valence-electron chi connectivity index (χ1n) is 5.08. The molecular weight excluding hydrogens is 224 g/mol. The van der Waals surface area contributed by atoms with Crippen LogP contribution >= 0.6 is 11.8 Å². The average Bonchev–Trinajstić information content (AvgIpc) is 2.29. The third-order valence-electron chi connectivity index (χ3n) is 2.04. The van der Waals surface area contributed by atoms with Crippen molar-refractivity contribution in [2.24, 2.45) is 0 Å². The highest BCUT2D eigenvalue weighted by atomic mass is 32.2. The summed E-state index contributed by atoms with van der Waals surface area (Å²) in [5.74, 6) is -0.302. The number of hydrogen-bond donors (Lipinski definition) is 1. The molecule has 16 heavy (non-hydrogen) atoms. The van der Waals surface area contributed by atoms with E-state index < -0.39 is 11.8 Å². The first kappa shape index (κ1) is 12.8. The van der Waals surface area contributed by atoms with E-state index in [0.717, 1.165) is 11.5 Å². The SMILES string of the molecule is O=C(O)C(=O)CCCSCc1ccccc1. The molecule has 0 amide bonds. The van der Waals surface area contributed by atoms with Crippen molar-refractivity contribution in [1.82, 2.24) is 0 Å². The largest absolute Gasteiger partial charge is 0.476 e. The molecule has 3 nitrogen and oxygen atoms in total. The third kappa shape index (κ3) is 4.98. The molecular formula is C12H14O3S. The van der Waals surface area contributed by atoms with E-state index in [1.165, 1.54) is 5.56 Å². The maximum absolute atomic E-state index is 10.8. The van der Waals surface area contributed by atoms with Crippen LogP contribution in [0.4, 0.5) is 0 Å².